The number of primary amides is 1. The number of halogens is 1. The quantitative estimate of drug-likeness (QED) is 0.672. The van der Waals surface area contributed by atoms with E-state index in [0.29, 0.717) is 23.0 Å². The van der Waals surface area contributed by atoms with Crippen LogP contribution in [0.2, 0.25) is 5.02 Å². The number of amides is 2. The molecule has 24 heavy (non-hydrogen) atoms. The van der Waals surface area contributed by atoms with Gasteiger partial charge < -0.3 is 16.4 Å². The summed E-state index contributed by atoms with van der Waals surface area (Å²) < 4.78 is 0. The Kier molecular flexibility index (Phi) is 7.37. The van der Waals surface area contributed by atoms with Gasteiger partial charge in [0.1, 0.15) is 6.04 Å². The van der Waals surface area contributed by atoms with Crippen molar-refractivity contribution in [1.82, 2.24) is 5.32 Å². The lowest BCUT2D eigenvalue weighted by Crippen LogP contribution is -2.48. The molecule has 1 aromatic rings. The number of rotatable bonds is 8. The second kappa shape index (κ2) is 9.52. The van der Waals surface area contributed by atoms with Crippen LogP contribution in [0.25, 0.3) is 0 Å². The van der Waals surface area contributed by atoms with E-state index in [1.807, 2.05) is 18.2 Å². The first-order valence-electron chi connectivity index (χ1n) is 8.63. The van der Waals surface area contributed by atoms with Gasteiger partial charge in [0.15, 0.2) is 0 Å². The molecule has 6 heteroatoms. The van der Waals surface area contributed by atoms with Crippen molar-refractivity contribution in [3.63, 3.8) is 0 Å². The zero-order chi connectivity index (χ0) is 17.4. The number of nitrogens with two attached hydrogens (primary N) is 1. The van der Waals surface area contributed by atoms with Crippen LogP contribution in [0.4, 0.5) is 5.69 Å². The lowest BCUT2D eigenvalue weighted by molar-refractivity contribution is -0.127. The minimum atomic E-state index is -0.750. The molecule has 1 atom stereocenters. The van der Waals surface area contributed by atoms with Crippen molar-refractivity contribution in [1.29, 1.82) is 0 Å². The molecule has 132 valence electrons. The highest BCUT2D eigenvalue weighted by Gasteiger charge is 2.20. The van der Waals surface area contributed by atoms with Crippen LogP contribution in [0, 0.1) is 5.92 Å². The van der Waals surface area contributed by atoms with E-state index in [2.05, 4.69) is 10.6 Å². The Bertz CT molecular complexity index is 559. The van der Waals surface area contributed by atoms with Gasteiger partial charge in [0.2, 0.25) is 11.8 Å². The maximum Gasteiger partial charge on any atom is 0.241 e. The summed E-state index contributed by atoms with van der Waals surface area (Å²) in [5, 5.41) is 6.34. The standard InChI is InChI=1S/C18H26ClN3O2/c19-14-8-4-5-9-15(14)21-12-16(18(20)24)22-17(23)11-10-13-6-2-1-3-7-13/h4-5,8-9,13,16,21H,1-3,6-7,10-12H2,(H2,20,24)(H,22,23). The third-order valence-corrected chi connectivity index (χ3v) is 4.88. The zero-order valence-corrected chi connectivity index (χ0v) is 14.6. The topological polar surface area (TPSA) is 84.2 Å². The van der Waals surface area contributed by atoms with Crippen LogP contribution in [-0.4, -0.2) is 24.4 Å². The van der Waals surface area contributed by atoms with Gasteiger partial charge in [-0.1, -0.05) is 55.8 Å². The molecule has 1 aromatic carbocycles. The van der Waals surface area contributed by atoms with Gasteiger partial charge in [0, 0.05) is 13.0 Å². The molecule has 0 spiro atoms. The fourth-order valence-electron chi connectivity index (χ4n) is 3.12. The van der Waals surface area contributed by atoms with Crippen molar-refractivity contribution >= 4 is 29.1 Å². The summed E-state index contributed by atoms with van der Waals surface area (Å²) >= 11 is 6.06. The first-order valence-corrected chi connectivity index (χ1v) is 9.01. The monoisotopic (exact) mass is 351 g/mol. The normalized spacial score (nSPS) is 16.4. The lowest BCUT2D eigenvalue weighted by Gasteiger charge is -2.22. The number of anilines is 1. The molecule has 2 amide bonds. The Morgan fingerprint density at radius 3 is 2.58 bits per heavy atom. The second-order valence-corrected chi connectivity index (χ2v) is 6.83. The van der Waals surface area contributed by atoms with E-state index in [1.54, 1.807) is 6.07 Å². The van der Waals surface area contributed by atoms with Gasteiger partial charge in [0.25, 0.3) is 0 Å². The molecule has 5 nitrogen and oxygen atoms in total. The van der Waals surface area contributed by atoms with E-state index in [1.165, 1.54) is 32.1 Å². The lowest BCUT2D eigenvalue weighted by atomic mass is 9.86. The minimum absolute atomic E-state index is 0.120. The van der Waals surface area contributed by atoms with Crippen LogP contribution in [0.1, 0.15) is 44.9 Å². The van der Waals surface area contributed by atoms with Crippen molar-refractivity contribution in [3.8, 4) is 0 Å². The molecular formula is C18H26ClN3O2. The Morgan fingerprint density at radius 2 is 1.92 bits per heavy atom. The highest BCUT2D eigenvalue weighted by Crippen LogP contribution is 2.27. The Labute approximate surface area is 148 Å². The molecule has 0 saturated heterocycles. The highest BCUT2D eigenvalue weighted by atomic mass is 35.5. The Morgan fingerprint density at radius 1 is 1.21 bits per heavy atom. The van der Waals surface area contributed by atoms with Crippen molar-refractivity contribution < 1.29 is 9.59 Å². The summed E-state index contributed by atoms with van der Waals surface area (Å²) in [4.78, 5) is 23.7. The molecule has 2 rings (SSSR count). The van der Waals surface area contributed by atoms with E-state index in [4.69, 9.17) is 17.3 Å². The summed E-state index contributed by atoms with van der Waals surface area (Å²) in [6.07, 6.45) is 7.58. The average molecular weight is 352 g/mol. The van der Waals surface area contributed by atoms with E-state index < -0.39 is 11.9 Å². The first kappa shape index (κ1) is 18.6. The van der Waals surface area contributed by atoms with E-state index in [9.17, 15) is 9.59 Å². The van der Waals surface area contributed by atoms with Crippen LogP contribution in [0.5, 0.6) is 0 Å². The predicted octanol–water partition coefficient (Wildman–Crippen LogP) is 3.08. The maximum atomic E-state index is 12.1. The van der Waals surface area contributed by atoms with E-state index in [0.717, 1.165) is 6.42 Å². The average Bonchev–Trinajstić information content (AvgIpc) is 2.58. The number of hydrogen-bond donors (Lipinski definition) is 3. The smallest absolute Gasteiger partial charge is 0.241 e. The summed E-state index contributed by atoms with van der Waals surface area (Å²) in [6.45, 7) is 0.217. The molecule has 1 saturated carbocycles. The molecule has 0 bridgehead atoms. The van der Waals surface area contributed by atoms with Gasteiger partial charge in [-0.2, -0.15) is 0 Å². The van der Waals surface area contributed by atoms with Gasteiger partial charge in [-0.05, 0) is 24.5 Å². The van der Waals surface area contributed by atoms with Crippen LogP contribution >= 0.6 is 11.6 Å². The molecule has 1 aliphatic carbocycles. The second-order valence-electron chi connectivity index (χ2n) is 6.43. The van der Waals surface area contributed by atoms with E-state index >= 15 is 0 Å². The van der Waals surface area contributed by atoms with Crippen molar-refractivity contribution in [2.75, 3.05) is 11.9 Å². The van der Waals surface area contributed by atoms with Gasteiger partial charge in [-0.25, -0.2) is 0 Å². The van der Waals surface area contributed by atoms with E-state index in [-0.39, 0.29) is 12.5 Å². The largest absolute Gasteiger partial charge is 0.381 e. The highest BCUT2D eigenvalue weighted by molar-refractivity contribution is 6.33. The van der Waals surface area contributed by atoms with Crippen molar-refractivity contribution in [3.05, 3.63) is 29.3 Å². The summed E-state index contributed by atoms with van der Waals surface area (Å²) in [7, 11) is 0. The number of hydrogen-bond acceptors (Lipinski definition) is 3. The van der Waals surface area contributed by atoms with Crippen LogP contribution in [-0.2, 0) is 9.59 Å². The molecule has 0 aliphatic heterocycles. The number of nitrogens with one attached hydrogen (secondary N) is 2. The van der Waals surface area contributed by atoms with Crippen LogP contribution in [0.15, 0.2) is 24.3 Å². The summed E-state index contributed by atoms with van der Waals surface area (Å²) in [6, 6.07) is 6.49. The first-order chi connectivity index (χ1) is 11.6. The fourth-order valence-corrected chi connectivity index (χ4v) is 3.32. The van der Waals surface area contributed by atoms with Gasteiger partial charge >= 0.3 is 0 Å². The maximum absolute atomic E-state index is 12.1. The molecule has 0 heterocycles. The molecule has 0 aromatic heterocycles. The van der Waals surface area contributed by atoms with Crippen LogP contribution in [0.3, 0.4) is 0 Å². The number of para-hydroxylation sites is 1. The molecule has 1 fully saturated rings. The minimum Gasteiger partial charge on any atom is -0.381 e. The summed E-state index contributed by atoms with van der Waals surface area (Å²) in [5.41, 5.74) is 6.11. The Hall–Kier alpha value is -1.75. The van der Waals surface area contributed by atoms with Crippen molar-refractivity contribution in [2.24, 2.45) is 11.7 Å². The fraction of sp³-hybridized carbons (Fsp3) is 0.556. The Balaban J connectivity index is 1.78. The predicted molar refractivity (Wildman–Crippen MR) is 96.9 cm³/mol. The SMILES string of the molecule is NC(=O)C(CNc1ccccc1Cl)NC(=O)CCC1CCCCC1. The van der Waals surface area contributed by atoms with Gasteiger partial charge in [-0.15, -0.1) is 0 Å². The molecule has 0 radical (unpaired) electrons. The van der Waals surface area contributed by atoms with Gasteiger partial charge in [-0.3, -0.25) is 9.59 Å². The molecule has 1 aliphatic rings. The molecule has 4 N–H and O–H groups in total. The zero-order valence-electron chi connectivity index (χ0n) is 13.9. The molecular weight excluding hydrogens is 326 g/mol. The van der Waals surface area contributed by atoms with Crippen molar-refractivity contribution in [2.45, 2.75) is 51.0 Å². The third kappa shape index (κ3) is 6.04. The third-order valence-electron chi connectivity index (χ3n) is 4.55. The molecule has 1 unspecified atom stereocenters. The van der Waals surface area contributed by atoms with Crippen LogP contribution < -0.4 is 16.4 Å². The number of benzene rings is 1. The van der Waals surface area contributed by atoms with Gasteiger partial charge in [0.05, 0.1) is 10.7 Å². The number of carbonyl (C=O) groups is 2. The summed E-state index contributed by atoms with van der Waals surface area (Å²) in [5.74, 6) is -0.0383. The number of carbonyl (C=O) groups excluding carboxylic acids is 2.